The van der Waals surface area contributed by atoms with Gasteiger partial charge in [-0.3, -0.25) is 4.79 Å². The SMILES string of the molecule is C=C(C)C(=O)C(O)c1c(OC)c(OC)cc2ccc(=O)oc12. The van der Waals surface area contributed by atoms with Crippen molar-refractivity contribution in [2.24, 2.45) is 0 Å². The lowest BCUT2D eigenvalue weighted by Crippen LogP contribution is -2.15. The normalized spacial score (nSPS) is 12.0. The Kier molecular flexibility index (Phi) is 4.32. The first kappa shape index (κ1) is 15.8. The second-order valence-corrected chi connectivity index (χ2v) is 4.75. The van der Waals surface area contributed by atoms with Gasteiger partial charge in [0.25, 0.3) is 0 Å². The predicted octanol–water partition coefficient (Wildman–Crippen LogP) is 1.99. The number of fused-ring (bicyclic) bond motifs is 1. The van der Waals surface area contributed by atoms with Crippen molar-refractivity contribution >= 4 is 16.8 Å². The van der Waals surface area contributed by atoms with Crippen LogP contribution in [0, 0.1) is 0 Å². The summed E-state index contributed by atoms with van der Waals surface area (Å²) < 4.78 is 15.6. The van der Waals surface area contributed by atoms with E-state index in [1.54, 1.807) is 6.07 Å². The minimum Gasteiger partial charge on any atom is -0.493 e. The molecule has 116 valence electrons. The molecule has 0 amide bonds. The molecule has 0 bridgehead atoms. The van der Waals surface area contributed by atoms with Gasteiger partial charge in [0, 0.05) is 11.5 Å². The van der Waals surface area contributed by atoms with Crippen LogP contribution in [0.1, 0.15) is 18.6 Å². The molecule has 2 rings (SSSR count). The number of benzene rings is 1. The Morgan fingerprint density at radius 2 is 2.00 bits per heavy atom. The second-order valence-electron chi connectivity index (χ2n) is 4.75. The molecule has 0 saturated heterocycles. The number of Topliss-reactive ketones (excluding diaryl/α,β-unsaturated/α-hetero) is 1. The molecule has 0 saturated carbocycles. The third-order valence-electron chi connectivity index (χ3n) is 3.23. The zero-order valence-corrected chi connectivity index (χ0v) is 12.5. The highest BCUT2D eigenvalue weighted by Crippen LogP contribution is 2.41. The quantitative estimate of drug-likeness (QED) is 0.671. The summed E-state index contributed by atoms with van der Waals surface area (Å²) >= 11 is 0. The van der Waals surface area contributed by atoms with E-state index in [9.17, 15) is 14.7 Å². The van der Waals surface area contributed by atoms with Crippen molar-refractivity contribution in [1.29, 1.82) is 0 Å². The molecule has 1 aromatic heterocycles. The van der Waals surface area contributed by atoms with Gasteiger partial charge in [0.1, 0.15) is 11.7 Å². The van der Waals surface area contributed by atoms with Gasteiger partial charge in [-0.2, -0.15) is 0 Å². The van der Waals surface area contributed by atoms with Gasteiger partial charge >= 0.3 is 5.63 Å². The molecule has 2 aromatic rings. The summed E-state index contributed by atoms with van der Waals surface area (Å²) in [4.78, 5) is 23.6. The maximum absolute atomic E-state index is 12.1. The molecule has 6 nitrogen and oxygen atoms in total. The van der Waals surface area contributed by atoms with E-state index in [2.05, 4.69) is 6.58 Å². The van der Waals surface area contributed by atoms with Crippen molar-refractivity contribution < 1.29 is 23.8 Å². The number of carbonyl (C=O) groups excluding carboxylic acids is 1. The Morgan fingerprint density at radius 3 is 2.55 bits per heavy atom. The molecular formula is C16H16O6. The van der Waals surface area contributed by atoms with E-state index in [4.69, 9.17) is 13.9 Å². The van der Waals surface area contributed by atoms with Crippen LogP contribution in [0.4, 0.5) is 0 Å². The summed E-state index contributed by atoms with van der Waals surface area (Å²) in [7, 11) is 2.80. The molecular weight excluding hydrogens is 288 g/mol. The van der Waals surface area contributed by atoms with Gasteiger partial charge < -0.3 is 19.0 Å². The number of methoxy groups -OCH3 is 2. The highest BCUT2D eigenvalue weighted by Gasteiger charge is 2.28. The Bertz CT molecular complexity index is 802. The fourth-order valence-corrected chi connectivity index (χ4v) is 2.17. The Labute approximate surface area is 126 Å². The van der Waals surface area contributed by atoms with E-state index < -0.39 is 17.5 Å². The van der Waals surface area contributed by atoms with Gasteiger partial charge in [-0.1, -0.05) is 6.58 Å². The van der Waals surface area contributed by atoms with Gasteiger partial charge in [0.2, 0.25) is 0 Å². The summed E-state index contributed by atoms with van der Waals surface area (Å²) in [6.07, 6.45) is -1.57. The molecule has 1 aromatic carbocycles. The summed E-state index contributed by atoms with van der Waals surface area (Å²) in [5, 5.41) is 10.9. The van der Waals surface area contributed by atoms with E-state index in [0.29, 0.717) is 11.1 Å². The number of aliphatic hydroxyl groups excluding tert-OH is 1. The number of hydrogen-bond donors (Lipinski definition) is 1. The topological polar surface area (TPSA) is 86.0 Å². The molecule has 1 heterocycles. The predicted molar refractivity (Wildman–Crippen MR) is 80.4 cm³/mol. The highest BCUT2D eigenvalue weighted by molar-refractivity contribution is 6.01. The average molecular weight is 304 g/mol. The summed E-state index contributed by atoms with van der Waals surface area (Å²) in [5.41, 5.74) is -0.311. The fourth-order valence-electron chi connectivity index (χ4n) is 2.17. The van der Waals surface area contributed by atoms with Gasteiger partial charge in [-0.05, 0) is 24.6 Å². The minimum absolute atomic E-state index is 0.0440. The van der Waals surface area contributed by atoms with E-state index in [1.165, 1.54) is 33.3 Å². The molecule has 0 aliphatic heterocycles. The first-order chi connectivity index (χ1) is 10.4. The molecule has 22 heavy (non-hydrogen) atoms. The van der Waals surface area contributed by atoms with Crippen LogP contribution in [0.15, 0.2) is 39.6 Å². The molecule has 0 radical (unpaired) electrons. The third-order valence-corrected chi connectivity index (χ3v) is 3.23. The van der Waals surface area contributed by atoms with E-state index in [-0.39, 0.29) is 22.5 Å². The van der Waals surface area contributed by atoms with Gasteiger partial charge in [-0.15, -0.1) is 0 Å². The van der Waals surface area contributed by atoms with Gasteiger partial charge in [0.05, 0.1) is 19.8 Å². The minimum atomic E-state index is -1.57. The third kappa shape index (κ3) is 2.60. The maximum Gasteiger partial charge on any atom is 0.336 e. The first-order valence-electron chi connectivity index (χ1n) is 6.47. The number of aliphatic hydroxyl groups is 1. The van der Waals surface area contributed by atoms with Crippen LogP contribution < -0.4 is 15.1 Å². The molecule has 0 fully saturated rings. The molecule has 0 aliphatic carbocycles. The summed E-state index contributed by atoms with van der Waals surface area (Å²) in [5.74, 6) is -0.154. The number of ketones is 1. The van der Waals surface area contributed by atoms with Crippen molar-refractivity contribution in [3.63, 3.8) is 0 Å². The van der Waals surface area contributed by atoms with Crippen LogP contribution in [0.5, 0.6) is 11.5 Å². The van der Waals surface area contributed by atoms with Crippen LogP contribution in [0.25, 0.3) is 11.0 Å². The number of carbonyl (C=O) groups is 1. The number of rotatable bonds is 5. The van der Waals surface area contributed by atoms with Gasteiger partial charge in [-0.25, -0.2) is 4.79 Å². The highest BCUT2D eigenvalue weighted by atomic mass is 16.5. The number of hydrogen-bond acceptors (Lipinski definition) is 6. The standard InChI is InChI=1S/C16H16O6/c1-8(2)13(18)14(19)12-15-9(5-6-11(17)22-15)7-10(20-3)16(12)21-4/h5-7,14,19H,1H2,2-4H3. The lowest BCUT2D eigenvalue weighted by Gasteiger charge is -2.18. The Morgan fingerprint density at radius 1 is 1.32 bits per heavy atom. The smallest absolute Gasteiger partial charge is 0.336 e. The molecule has 1 unspecified atom stereocenters. The fraction of sp³-hybridized carbons (Fsp3) is 0.250. The van der Waals surface area contributed by atoms with E-state index in [0.717, 1.165) is 0 Å². The van der Waals surface area contributed by atoms with E-state index in [1.807, 2.05) is 0 Å². The van der Waals surface area contributed by atoms with E-state index >= 15 is 0 Å². The van der Waals surface area contributed by atoms with Crippen LogP contribution in [0.3, 0.4) is 0 Å². The monoisotopic (exact) mass is 304 g/mol. The Hall–Kier alpha value is -2.60. The van der Waals surface area contributed by atoms with Crippen LogP contribution in [0.2, 0.25) is 0 Å². The largest absolute Gasteiger partial charge is 0.493 e. The molecule has 6 heteroatoms. The molecule has 1 atom stereocenters. The van der Waals surface area contributed by atoms with Crippen molar-refractivity contribution in [3.05, 3.63) is 46.3 Å². The molecule has 0 aliphatic rings. The van der Waals surface area contributed by atoms with Crippen LogP contribution in [-0.4, -0.2) is 25.1 Å². The van der Waals surface area contributed by atoms with Crippen molar-refractivity contribution in [2.75, 3.05) is 14.2 Å². The number of ether oxygens (including phenoxy) is 2. The maximum atomic E-state index is 12.1. The van der Waals surface area contributed by atoms with Crippen LogP contribution >= 0.6 is 0 Å². The Balaban J connectivity index is 2.87. The second kappa shape index (κ2) is 6.03. The zero-order valence-electron chi connectivity index (χ0n) is 12.5. The summed E-state index contributed by atoms with van der Waals surface area (Å²) in [6, 6.07) is 4.36. The molecule has 1 N–H and O–H groups in total. The van der Waals surface area contributed by atoms with Crippen LogP contribution in [-0.2, 0) is 4.79 Å². The summed E-state index contributed by atoms with van der Waals surface area (Å²) in [6.45, 7) is 5.01. The van der Waals surface area contributed by atoms with Crippen molar-refractivity contribution in [1.82, 2.24) is 0 Å². The zero-order chi connectivity index (χ0) is 16.4. The lowest BCUT2D eigenvalue weighted by molar-refractivity contribution is -0.123. The lowest BCUT2D eigenvalue weighted by atomic mass is 9.98. The van der Waals surface area contributed by atoms with Gasteiger partial charge in [0.15, 0.2) is 17.3 Å². The van der Waals surface area contributed by atoms with Crippen molar-refractivity contribution in [3.8, 4) is 11.5 Å². The first-order valence-corrected chi connectivity index (χ1v) is 6.47. The van der Waals surface area contributed by atoms with Crippen molar-refractivity contribution in [2.45, 2.75) is 13.0 Å². The molecule has 0 spiro atoms. The average Bonchev–Trinajstić information content (AvgIpc) is 2.51.